The summed E-state index contributed by atoms with van der Waals surface area (Å²) in [6.45, 7) is 3.59. The molecule has 7 heteroatoms. The van der Waals surface area contributed by atoms with Gasteiger partial charge in [-0.25, -0.2) is 0 Å². The van der Waals surface area contributed by atoms with Gasteiger partial charge in [-0.05, 0) is 67.7 Å². The summed E-state index contributed by atoms with van der Waals surface area (Å²) in [5, 5.41) is 9.59. The number of nitrogens with one attached hydrogen (secondary N) is 3. The van der Waals surface area contributed by atoms with E-state index in [1.807, 2.05) is 12.1 Å². The number of benzene rings is 1. The van der Waals surface area contributed by atoms with Gasteiger partial charge >= 0.3 is 0 Å². The monoisotopic (exact) mass is 410 g/mol. The fourth-order valence-corrected chi connectivity index (χ4v) is 5.66. The Morgan fingerprint density at radius 1 is 1.10 bits per heavy atom. The minimum Gasteiger partial charge on any atom is -0.322 e. The Hall–Kier alpha value is -2.25. The average molecular weight is 411 g/mol. The van der Waals surface area contributed by atoms with Gasteiger partial charge in [0.15, 0.2) is 0 Å². The van der Waals surface area contributed by atoms with Gasteiger partial charge in [0.1, 0.15) is 6.04 Å². The van der Waals surface area contributed by atoms with Gasteiger partial charge in [-0.3, -0.25) is 19.7 Å². The predicted octanol–water partition coefficient (Wildman–Crippen LogP) is 1.46. The van der Waals surface area contributed by atoms with Crippen LogP contribution in [0.5, 0.6) is 0 Å². The maximum absolute atomic E-state index is 12.8. The van der Waals surface area contributed by atoms with Crippen LogP contribution in [-0.4, -0.2) is 47.8 Å². The highest BCUT2D eigenvalue weighted by Crippen LogP contribution is 2.41. The van der Waals surface area contributed by atoms with Gasteiger partial charge in [0, 0.05) is 37.7 Å². The Labute approximate surface area is 177 Å². The van der Waals surface area contributed by atoms with Gasteiger partial charge in [0.25, 0.3) is 5.91 Å². The molecular weight excluding hydrogens is 380 g/mol. The van der Waals surface area contributed by atoms with E-state index in [0.717, 1.165) is 12.1 Å². The zero-order chi connectivity index (χ0) is 20.7. The lowest BCUT2D eigenvalue weighted by Gasteiger charge is -2.37. The first kappa shape index (κ1) is 19.7. The fraction of sp³-hybridized carbons (Fsp3) is 0.609. The number of imide groups is 1. The Balaban J connectivity index is 1.19. The summed E-state index contributed by atoms with van der Waals surface area (Å²) in [6.07, 6.45) is 7.07. The van der Waals surface area contributed by atoms with Gasteiger partial charge in [-0.2, -0.15) is 0 Å². The van der Waals surface area contributed by atoms with Crippen molar-refractivity contribution in [2.75, 3.05) is 13.1 Å². The molecule has 1 unspecified atom stereocenters. The predicted molar refractivity (Wildman–Crippen MR) is 112 cm³/mol. The molecule has 3 aliphatic heterocycles. The molecule has 0 aromatic heterocycles. The van der Waals surface area contributed by atoms with E-state index in [9.17, 15) is 14.4 Å². The first-order chi connectivity index (χ1) is 14.5. The number of fused-ring (bicyclic) bond motifs is 1. The van der Waals surface area contributed by atoms with E-state index >= 15 is 0 Å². The summed E-state index contributed by atoms with van der Waals surface area (Å²) in [6, 6.07) is 6.01. The summed E-state index contributed by atoms with van der Waals surface area (Å²) in [7, 11) is 0. The highest BCUT2D eigenvalue weighted by atomic mass is 16.2. The number of carbonyl (C=O) groups excluding carboxylic acids is 3. The molecule has 0 radical (unpaired) electrons. The molecule has 1 saturated carbocycles. The van der Waals surface area contributed by atoms with E-state index in [1.165, 1.54) is 50.8 Å². The van der Waals surface area contributed by atoms with Crippen molar-refractivity contribution in [3.8, 4) is 0 Å². The van der Waals surface area contributed by atoms with Crippen LogP contribution in [-0.2, 0) is 22.7 Å². The van der Waals surface area contributed by atoms with E-state index in [1.54, 1.807) is 4.90 Å². The largest absolute Gasteiger partial charge is 0.322 e. The van der Waals surface area contributed by atoms with Crippen molar-refractivity contribution in [3.05, 3.63) is 34.9 Å². The zero-order valence-corrected chi connectivity index (χ0v) is 17.3. The van der Waals surface area contributed by atoms with Crippen LogP contribution in [0.15, 0.2) is 18.2 Å². The van der Waals surface area contributed by atoms with Gasteiger partial charge in [-0.15, -0.1) is 0 Å². The van der Waals surface area contributed by atoms with E-state index in [2.05, 4.69) is 22.0 Å². The summed E-state index contributed by atoms with van der Waals surface area (Å²) >= 11 is 0. The normalized spacial score (nSPS) is 31.3. The number of piperidine rings is 1. The SMILES string of the molecule is O=C1CCC(N2Cc3cc(CNC4CCC5(CCNC5)CC4)ccc3C2=O)C(=O)N1. The Morgan fingerprint density at radius 2 is 1.93 bits per heavy atom. The molecule has 5 rings (SSSR count). The standard InChI is InChI=1S/C23H30N4O3/c28-20-4-3-19(21(29)26-20)27-13-16-11-15(1-2-18(16)22(27)30)12-25-17-5-7-23(8-6-17)9-10-24-14-23/h1-2,11,17,19,24-25H,3-10,12-14H2,(H,26,28,29). The molecule has 3 fully saturated rings. The van der Waals surface area contributed by atoms with Crippen molar-refractivity contribution in [1.82, 2.24) is 20.9 Å². The van der Waals surface area contributed by atoms with Gasteiger partial charge < -0.3 is 15.5 Å². The minimum absolute atomic E-state index is 0.109. The summed E-state index contributed by atoms with van der Waals surface area (Å²) in [5.41, 5.74) is 3.38. The van der Waals surface area contributed by atoms with Crippen molar-refractivity contribution in [2.45, 2.75) is 70.1 Å². The topological polar surface area (TPSA) is 90.5 Å². The molecule has 1 spiro atoms. The molecule has 3 amide bonds. The summed E-state index contributed by atoms with van der Waals surface area (Å²) < 4.78 is 0. The Bertz CT molecular complexity index is 867. The van der Waals surface area contributed by atoms with Gasteiger partial charge in [-0.1, -0.05) is 12.1 Å². The maximum Gasteiger partial charge on any atom is 0.255 e. The van der Waals surface area contributed by atoms with Gasteiger partial charge in [0.2, 0.25) is 11.8 Å². The molecule has 160 valence electrons. The van der Waals surface area contributed by atoms with Crippen molar-refractivity contribution < 1.29 is 14.4 Å². The van der Waals surface area contributed by atoms with Crippen LogP contribution in [0.4, 0.5) is 0 Å². The van der Waals surface area contributed by atoms with E-state index < -0.39 is 6.04 Å². The van der Waals surface area contributed by atoms with Gasteiger partial charge in [0.05, 0.1) is 0 Å². The molecule has 0 bridgehead atoms. The number of rotatable bonds is 4. The first-order valence-electron chi connectivity index (χ1n) is 11.2. The van der Waals surface area contributed by atoms with Crippen molar-refractivity contribution in [1.29, 1.82) is 0 Å². The third-order valence-electron chi connectivity index (χ3n) is 7.56. The second-order valence-electron chi connectivity index (χ2n) is 9.47. The lowest BCUT2D eigenvalue weighted by Crippen LogP contribution is -2.52. The van der Waals surface area contributed by atoms with Crippen LogP contribution in [0.25, 0.3) is 0 Å². The van der Waals surface area contributed by atoms with Crippen LogP contribution in [0.2, 0.25) is 0 Å². The Morgan fingerprint density at radius 3 is 2.67 bits per heavy atom. The molecule has 3 heterocycles. The molecule has 30 heavy (non-hydrogen) atoms. The van der Waals surface area contributed by atoms with Crippen molar-refractivity contribution in [3.63, 3.8) is 0 Å². The van der Waals surface area contributed by atoms with E-state index in [4.69, 9.17) is 0 Å². The molecular formula is C23H30N4O3. The maximum atomic E-state index is 12.8. The molecule has 1 aromatic rings. The zero-order valence-electron chi connectivity index (χ0n) is 17.3. The minimum atomic E-state index is -0.552. The quantitative estimate of drug-likeness (QED) is 0.654. The van der Waals surface area contributed by atoms with Crippen molar-refractivity contribution >= 4 is 17.7 Å². The van der Waals surface area contributed by atoms with E-state index in [0.29, 0.717) is 30.0 Å². The highest BCUT2D eigenvalue weighted by molar-refractivity contribution is 6.05. The molecule has 2 saturated heterocycles. The third kappa shape index (κ3) is 3.65. The second kappa shape index (κ2) is 7.78. The Kier molecular flexibility index (Phi) is 5.11. The smallest absolute Gasteiger partial charge is 0.255 e. The van der Waals surface area contributed by atoms with Crippen LogP contribution < -0.4 is 16.0 Å². The number of nitrogens with zero attached hydrogens (tertiary/aromatic N) is 1. The summed E-state index contributed by atoms with van der Waals surface area (Å²) in [5.74, 6) is -0.727. The van der Waals surface area contributed by atoms with Crippen LogP contribution in [0, 0.1) is 5.41 Å². The molecule has 1 atom stereocenters. The molecule has 1 aliphatic carbocycles. The van der Waals surface area contributed by atoms with E-state index in [-0.39, 0.29) is 24.1 Å². The van der Waals surface area contributed by atoms with Crippen LogP contribution in [0.1, 0.15) is 66.4 Å². The number of carbonyl (C=O) groups is 3. The lowest BCUT2D eigenvalue weighted by atomic mass is 9.72. The number of amides is 3. The number of hydrogen-bond acceptors (Lipinski definition) is 5. The number of hydrogen-bond donors (Lipinski definition) is 3. The molecule has 7 nitrogen and oxygen atoms in total. The highest BCUT2D eigenvalue weighted by Gasteiger charge is 2.39. The average Bonchev–Trinajstić information content (AvgIpc) is 3.32. The third-order valence-corrected chi connectivity index (χ3v) is 7.56. The second-order valence-corrected chi connectivity index (χ2v) is 9.47. The first-order valence-corrected chi connectivity index (χ1v) is 11.2. The molecule has 3 N–H and O–H groups in total. The van der Waals surface area contributed by atoms with Crippen molar-refractivity contribution in [2.24, 2.45) is 5.41 Å². The summed E-state index contributed by atoms with van der Waals surface area (Å²) in [4.78, 5) is 38.0. The lowest BCUT2D eigenvalue weighted by molar-refractivity contribution is -0.136. The fourth-order valence-electron chi connectivity index (χ4n) is 5.66. The van der Waals surface area contributed by atoms with Crippen LogP contribution >= 0.6 is 0 Å². The molecule has 4 aliphatic rings. The van der Waals surface area contributed by atoms with Crippen LogP contribution in [0.3, 0.4) is 0 Å². The molecule has 1 aromatic carbocycles.